The minimum absolute atomic E-state index is 0.0583. The molecule has 1 amide bonds. The lowest BCUT2D eigenvalue weighted by Gasteiger charge is -2.16. The summed E-state index contributed by atoms with van der Waals surface area (Å²) in [6.07, 6.45) is 3.11. The molecule has 7 heteroatoms. The van der Waals surface area contributed by atoms with Crippen molar-refractivity contribution in [2.24, 2.45) is 0 Å². The van der Waals surface area contributed by atoms with Crippen LogP contribution < -0.4 is 10.0 Å². The summed E-state index contributed by atoms with van der Waals surface area (Å²) in [5.74, 6) is -0.871. The summed E-state index contributed by atoms with van der Waals surface area (Å²) in [6, 6.07) is 11.8. The lowest BCUT2D eigenvalue weighted by Crippen LogP contribution is -2.34. The number of carbonyl (C=O) groups is 1. The number of hydrogen-bond acceptors (Lipinski definition) is 3. The van der Waals surface area contributed by atoms with Crippen LogP contribution in [-0.4, -0.2) is 20.9 Å². The number of rotatable bonds is 7. The smallest absolute Gasteiger partial charge is 0.264 e. The largest absolute Gasteiger partial charge is 0.352 e. The topological polar surface area (TPSA) is 75.3 Å². The van der Waals surface area contributed by atoms with Crippen molar-refractivity contribution in [1.29, 1.82) is 0 Å². The van der Waals surface area contributed by atoms with Gasteiger partial charge in [-0.3, -0.25) is 9.52 Å². The minimum Gasteiger partial charge on any atom is -0.352 e. The molecule has 0 spiro atoms. The van der Waals surface area contributed by atoms with E-state index in [-0.39, 0.29) is 5.91 Å². The van der Waals surface area contributed by atoms with Gasteiger partial charge < -0.3 is 5.32 Å². The first kappa shape index (κ1) is 18.1. The Morgan fingerprint density at radius 2 is 1.81 bits per heavy atom. The molecule has 1 aliphatic rings. The molecule has 1 fully saturated rings. The van der Waals surface area contributed by atoms with E-state index in [2.05, 4.69) is 16.6 Å². The maximum absolute atomic E-state index is 13.7. The Labute approximate surface area is 152 Å². The van der Waals surface area contributed by atoms with E-state index >= 15 is 0 Å². The molecular weight excluding hydrogens is 355 g/mol. The lowest BCUT2D eigenvalue weighted by molar-refractivity contribution is -0.123. The van der Waals surface area contributed by atoms with E-state index in [1.54, 1.807) is 30.3 Å². The second-order valence-corrected chi connectivity index (χ2v) is 7.84. The van der Waals surface area contributed by atoms with Crippen LogP contribution in [0.3, 0.4) is 0 Å². The van der Waals surface area contributed by atoms with Crippen molar-refractivity contribution in [2.75, 3.05) is 11.3 Å². The number of halogens is 1. The van der Waals surface area contributed by atoms with Crippen molar-refractivity contribution in [3.8, 4) is 0 Å². The van der Waals surface area contributed by atoms with Crippen molar-refractivity contribution in [3.05, 3.63) is 72.6 Å². The zero-order chi connectivity index (χ0) is 18.8. The van der Waals surface area contributed by atoms with Gasteiger partial charge in [-0.25, -0.2) is 12.8 Å². The summed E-state index contributed by atoms with van der Waals surface area (Å²) < 4.78 is 40.7. The van der Waals surface area contributed by atoms with Crippen molar-refractivity contribution in [3.63, 3.8) is 0 Å². The van der Waals surface area contributed by atoms with Crippen LogP contribution in [0.25, 0.3) is 0 Å². The van der Waals surface area contributed by atoms with E-state index in [1.165, 1.54) is 18.2 Å². The number of sulfonamides is 1. The van der Waals surface area contributed by atoms with E-state index in [9.17, 15) is 17.6 Å². The molecule has 2 N–H and O–H groups in total. The van der Waals surface area contributed by atoms with Crippen LogP contribution >= 0.6 is 0 Å². The molecule has 0 atom stereocenters. The van der Waals surface area contributed by atoms with Crippen molar-refractivity contribution in [2.45, 2.75) is 23.2 Å². The molecule has 1 saturated carbocycles. The fourth-order valence-corrected chi connectivity index (χ4v) is 3.97. The quantitative estimate of drug-likeness (QED) is 0.732. The molecular formula is C19H19FN2O3S. The first-order valence-corrected chi connectivity index (χ1v) is 9.64. The number of benzene rings is 2. The lowest BCUT2D eigenvalue weighted by atomic mass is 9.95. The van der Waals surface area contributed by atoms with Gasteiger partial charge in [-0.2, -0.15) is 0 Å². The minimum atomic E-state index is -4.02. The highest BCUT2D eigenvalue weighted by Crippen LogP contribution is 2.48. The van der Waals surface area contributed by atoms with Gasteiger partial charge in [0.25, 0.3) is 10.0 Å². The molecule has 0 bridgehead atoms. The molecule has 0 aromatic heterocycles. The van der Waals surface area contributed by atoms with Gasteiger partial charge in [0.15, 0.2) is 0 Å². The Hall–Kier alpha value is -2.67. The zero-order valence-electron chi connectivity index (χ0n) is 14.0. The molecule has 2 aromatic rings. The SMILES string of the molecule is C=CCNC(=O)C1(c2ccc(NS(=O)(=O)c3ccccc3F)cc2)CC1. The first-order chi connectivity index (χ1) is 12.4. The Morgan fingerprint density at radius 3 is 2.38 bits per heavy atom. The first-order valence-electron chi connectivity index (χ1n) is 8.16. The van der Waals surface area contributed by atoms with Crippen molar-refractivity contribution in [1.82, 2.24) is 5.32 Å². The molecule has 5 nitrogen and oxygen atoms in total. The third-order valence-corrected chi connectivity index (χ3v) is 5.82. The van der Waals surface area contributed by atoms with Crippen LogP contribution in [0.4, 0.5) is 10.1 Å². The molecule has 136 valence electrons. The number of anilines is 1. The van der Waals surface area contributed by atoms with Gasteiger partial charge >= 0.3 is 0 Å². The van der Waals surface area contributed by atoms with Crippen LogP contribution in [0.15, 0.2) is 66.1 Å². The Bertz CT molecular complexity index is 936. The van der Waals surface area contributed by atoms with Crippen LogP contribution in [0.2, 0.25) is 0 Å². The predicted octanol–water partition coefficient (Wildman–Crippen LogP) is 2.96. The number of amides is 1. The molecule has 0 saturated heterocycles. The fraction of sp³-hybridized carbons (Fsp3) is 0.211. The summed E-state index contributed by atoms with van der Waals surface area (Å²) in [5, 5.41) is 2.80. The highest BCUT2D eigenvalue weighted by molar-refractivity contribution is 7.92. The standard InChI is InChI=1S/C19H19FN2O3S/c1-2-13-21-18(23)19(11-12-19)14-7-9-15(10-8-14)22-26(24,25)17-6-4-3-5-16(17)20/h2-10,22H,1,11-13H2,(H,21,23). The summed E-state index contributed by atoms with van der Waals surface area (Å²) in [4.78, 5) is 11.9. The summed E-state index contributed by atoms with van der Waals surface area (Å²) in [5.41, 5.74) is 0.582. The van der Waals surface area contributed by atoms with Gasteiger partial charge in [0.05, 0.1) is 5.41 Å². The fourth-order valence-electron chi connectivity index (χ4n) is 2.84. The highest BCUT2D eigenvalue weighted by atomic mass is 32.2. The summed E-state index contributed by atoms with van der Waals surface area (Å²) in [7, 11) is -4.02. The molecule has 0 heterocycles. The van der Waals surface area contributed by atoms with E-state index in [4.69, 9.17) is 0 Å². The summed E-state index contributed by atoms with van der Waals surface area (Å²) >= 11 is 0. The van der Waals surface area contributed by atoms with Crippen LogP contribution in [0, 0.1) is 5.82 Å². The third-order valence-electron chi connectivity index (χ3n) is 4.41. The van der Waals surface area contributed by atoms with E-state index in [0.717, 1.165) is 24.5 Å². The predicted molar refractivity (Wildman–Crippen MR) is 97.8 cm³/mol. The van der Waals surface area contributed by atoms with Gasteiger partial charge in [-0.1, -0.05) is 30.3 Å². The maximum Gasteiger partial charge on any atom is 0.264 e. The van der Waals surface area contributed by atoms with Gasteiger partial charge in [-0.15, -0.1) is 6.58 Å². The average molecular weight is 374 g/mol. The second kappa shape index (κ2) is 6.92. The molecule has 26 heavy (non-hydrogen) atoms. The van der Waals surface area contributed by atoms with Gasteiger partial charge in [0.2, 0.25) is 5.91 Å². The normalized spacial score (nSPS) is 15.1. The molecule has 0 unspecified atom stereocenters. The Balaban J connectivity index is 1.77. The van der Waals surface area contributed by atoms with Crippen molar-refractivity contribution < 1.29 is 17.6 Å². The van der Waals surface area contributed by atoms with Crippen LogP contribution in [0.1, 0.15) is 18.4 Å². The molecule has 1 aliphatic carbocycles. The number of carbonyl (C=O) groups excluding carboxylic acids is 1. The molecule has 3 rings (SSSR count). The average Bonchev–Trinajstić information content (AvgIpc) is 3.42. The molecule has 0 radical (unpaired) electrons. The Kier molecular flexibility index (Phi) is 4.82. The number of hydrogen-bond donors (Lipinski definition) is 2. The monoisotopic (exact) mass is 374 g/mol. The second-order valence-electron chi connectivity index (χ2n) is 6.19. The van der Waals surface area contributed by atoms with Gasteiger partial charge in [-0.05, 0) is 42.7 Å². The van der Waals surface area contributed by atoms with Crippen LogP contribution in [-0.2, 0) is 20.2 Å². The third kappa shape index (κ3) is 3.48. The van der Waals surface area contributed by atoms with Gasteiger partial charge in [0.1, 0.15) is 10.7 Å². The van der Waals surface area contributed by atoms with Crippen LogP contribution in [0.5, 0.6) is 0 Å². The maximum atomic E-state index is 13.7. The van der Waals surface area contributed by atoms with Crippen molar-refractivity contribution >= 4 is 21.6 Å². The van der Waals surface area contributed by atoms with E-state index < -0.39 is 26.2 Å². The van der Waals surface area contributed by atoms with Gasteiger partial charge in [0, 0.05) is 12.2 Å². The summed E-state index contributed by atoms with van der Waals surface area (Å²) in [6.45, 7) is 3.98. The highest BCUT2D eigenvalue weighted by Gasteiger charge is 2.50. The van der Waals surface area contributed by atoms with E-state index in [1.807, 2.05) is 0 Å². The molecule has 2 aromatic carbocycles. The Morgan fingerprint density at radius 1 is 1.15 bits per heavy atom. The molecule has 0 aliphatic heterocycles. The zero-order valence-corrected chi connectivity index (χ0v) is 14.9. The van der Waals surface area contributed by atoms with E-state index in [0.29, 0.717) is 12.2 Å². The number of nitrogens with one attached hydrogen (secondary N) is 2.